The molecule has 2 N–H and O–H groups in total. The van der Waals surface area contributed by atoms with E-state index in [9.17, 15) is 14.0 Å². The largest absolute Gasteiger partial charge is 0.279 e. The maximum Gasteiger partial charge on any atom is 0.279 e. The minimum atomic E-state index is -0.347. The first-order chi connectivity index (χ1) is 10.5. The Kier molecular flexibility index (Phi) is 3.94. The van der Waals surface area contributed by atoms with E-state index in [1.807, 2.05) is 6.92 Å². The topological polar surface area (TPSA) is 58.2 Å². The molecule has 0 aliphatic heterocycles. The normalized spacial score (nSPS) is 19.5. The molecule has 114 valence electrons. The van der Waals surface area contributed by atoms with Gasteiger partial charge in [-0.2, -0.15) is 0 Å². The summed E-state index contributed by atoms with van der Waals surface area (Å²) in [4.78, 5) is 25.0. The van der Waals surface area contributed by atoms with Gasteiger partial charge in [-0.05, 0) is 42.2 Å². The van der Waals surface area contributed by atoms with Gasteiger partial charge in [0.2, 0.25) is 5.91 Å². The van der Waals surface area contributed by atoms with E-state index in [2.05, 4.69) is 10.9 Å². The number of halogens is 1. The second kappa shape index (κ2) is 5.88. The zero-order valence-electron chi connectivity index (χ0n) is 11.9. The smallest absolute Gasteiger partial charge is 0.273 e. The summed E-state index contributed by atoms with van der Waals surface area (Å²) in [6.45, 7) is 2.00. The third-order valence-electron chi connectivity index (χ3n) is 3.70. The van der Waals surface area contributed by atoms with Gasteiger partial charge in [0.25, 0.3) is 5.91 Å². The molecule has 2 aromatic rings. The summed E-state index contributed by atoms with van der Waals surface area (Å²) < 4.78 is 12.9. The second-order valence-corrected chi connectivity index (χ2v) is 6.52. The van der Waals surface area contributed by atoms with Crippen molar-refractivity contribution in [1.29, 1.82) is 0 Å². The molecule has 4 nitrogen and oxygen atoms in total. The number of hydrogen-bond donors (Lipinski definition) is 2. The zero-order valence-corrected chi connectivity index (χ0v) is 12.7. The van der Waals surface area contributed by atoms with E-state index in [-0.39, 0.29) is 23.5 Å². The first kappa shape index (κ1) is 14.7. The van der Waals surface area contributed by atoms with Gasteiger partial charge in [0.1, 0.15) is 5.82 Å². The number of rotatable bonds is 3. The van der Waals surface area contributed by atoms with Crippen LogP contribution >= 0.6 is 11.3 Å². The number of benzene rings is 1. The Morgan fingerprint density at radius 1 is 1.14 bits per heavy atom. The van der Waals surface area contributed by atoms with E-state index in [0.29, 0.717) is 10.8 Å². The number of amides is 2. The van der Waals surface area contributed by atoms with Crippen LogP contribution in [-0.2, 0) is 4.79 Å². The second-order valence-electron chi connectivity index (χ2n) is 5.43. The van der Waals surface area contributed by atoms with Crippen molar-refractivity contribution in [2.45, 2.75) is 13.3 Å². The molecule has 2 atom stereocenters. The maximum absolute atomic E-state index is 12.9. The number of nitrogens with one attached hydrogen (secondary N) is 2. The highest BCUT2D eigenvalue weighted by molar-refractivity contribution is 7.17. The Morgan fingerprint density at radius 3 is 2.45 bits per heavy atom. The molecular formula is C16H15FN2O2S. The molecule has 6 heteroatoms. The SMILES string of the molecule is CC1CC1C(=O)NNC(=O)c1ccc(-c2ccc(F)cc2)s1. The van der Waals surface area contributed by atoms with Crippen LogP contribution < -0.4 is 10.9 Å². The highest BCUT2D eigenvalue weighted by atomic mass is 32.1. The van der Waals surface area contributed by atoms with Crippen molar-refractivity contribution in [3.8, 4) is 10.4 Å². The summed E-state index contributed by atoms with van der Waals surface area (Å²) in [6.07, 6.45) is 0.870. The minimum Gasteiger partial charge on any atom is -0.273 e. The average molecular weight is 318 g/mol. The van der Waals surface area contributed by atoms with Crippen LogP contribution in [0.15, 0.2) is 36.4 Å². The molecule has 1 aliphatic rings. The number of hydrazine groups is 1. The summed E-state index contributed by atoms with van der Waals surface area (Å²) in [7, 11) is 0. The van der Waals surface area contributed by atoms with Crippen molar-refractivity contribution >= 4 is 23.2 Å². The molecule has 0 bridgehead atoms. The lowest BCUT2D eigenvalue weighted by Crippen LogP contribution is -2.42. The molecule has 3 rings (SSSR count). The molecule has 1 fully saturated rings. The highest BCUT2D eigenvalue weighted by Gasteiger charge is 2.39. The van der Waals surface area contributed by atoms with Gasteiger partial charge in [-0.1, -0.05) is 19.1 Å². The monoisotopic (exact) mass is 318 g/mol. The van der Waals surface area contributed by atoms with Crippen molar-refractivity contribution in [3.63, 3.8) is 0 Å². The summed E-state index contributed by atoms with van der Waals surface area (Å²) in [5.41, 5.74) is 5.72. The molecule has 1 heterocycles. The summed E-state index contributed by atoms with van der Waals surface area (Å²) in [5, 5.41) is 0. The van der Waals surface area contributed by atoms with Crippen LogP contribution in [0.3, 0.4) is 0 Å². The molecule has 1 aromatic carbocycles. The summed E-state index contributed by atoms with van der Waals surface area (Å²) >= 11 is 1.29. The molecule has 1 aromatic heterocycles. The molecule has 22 heavy (non-hydrogen) atoms. The number of hydrogen-bond acceptors (Lipinski definition) is 3. The summed E-state index contributed by atoms with van der Waals surface area (Å²) in [6, 6.07) is 9.58. The Labute approximate surface area is 131 Å². The van der Waals surface area contributed by atoms with E-state index in [1.54, 1.807) is 24.3 Å². The Bertz CT molecular complexity index is 711. The van der Waals surface area contributed by atoms with Gasteiger partial charge in [-0.15, -0.1) is 11.3 Å². The van der Waals surface area contributed by atoms with Crippen LogP contribution in [-0.4, -0.2) is 11.8 Å². The Morgan fingerprint density at radius 2 is 1.82 bits per heavy atom. The van der Waals surface area contributed by atoms with E-state index in [4.69, 9.17) is 0 Å². The van der Waals surface area contributed by atoms with Crippen LogP contribution in [0.2, 0.25) is 0 Å². The number of carbonyl (C=O) groups is 2. The first-order valence-corrected chi connectivity index (χ1v) is 7.82. The lowest BCUT2D eigenvalue weighted by atomic mass is 10.2. The molecule has 2 amide bonds. The highest BCUT2D eigenvalue weighted by Crippen LogP contribution is 2.37. The molecule has 1 saturated carbocycles. The lowest BCUT2D eigenvalue weighted by molar-refractivity contribution is -0.123. The molecule has 2 unspecified atom stereocenters. The summed E-state index contributed by atoms with van der Waals surface area (Å²) in [5.74, 6) is -0.381. The van der Waals surface area contributed by atoms with Gasteiger partial charge < -0.3 is 0 Å². The van der Waals surface area contributed by atoms with Gasteiger partial charge in [0.05, 0.1) is 4.88 Å². The van der Waals surface area contributed by atoms with E-state index >= 15 is 0 Å². The molecule has 0 radical (unpaired) electrons. The molecular weight excluding hydrogens is 303 g/mol. The van der Waals surface area contributed by atoms with E-state index < -0.39 is 0 Å². The number of carbonyl (C=O) groups excluding carboxylic acids is 2. The van der Waals surface area contributed by atoms with Crippen molar-refractivity contribution < 1.29 is 14.0 Å². The predicted octanol–water partition coefficient (Wildman–Crippen LogP) is 2.97. The third kappa shape index (κ3) is 3.17. The fourth-order valence-corrected chi connectivity index (χ4v) is 3.10. The average Bonchev–Trinajstić information content (AvgIpc) is 3.04. The van der Waals surface area contributed by atoms with Gasteiger partial charge in [0, 0.05) is 10.8 Å². The number of thiophene rings is 1. The molecule has 1 aliphatic carbocycles. The van der Waals surface area contributed by atoms with E-state index in [1.165, 1.54) is 23.5 Å². The first-order valence-electron chi connectivity index (χ1n) is 7.00. The predicted molar refractivity (Wildman–Crippen MR) is 82.6 cm³/mol. The van der Waals surface area contributed by atoms with Crippen molar-refractivity contribution in [3.05, 3.63) is 47.1 Å². The van der Waals surface area contributed by atoms with Crippen LogP contribution in [0.4, 0.5) is 4.39 Å². The van der Waals surface area contributed by atoms with Crippen LogP contribution in [0.25, 0.3) is 10.4 Å². The third-order valence-corrected chi connectivity index (χ3v) is 4.84. The lowest BCUT2D eigenvalue weighted by Gasteiger charge is -2.05. The van der Waals surface area contributed by atoms with Crippen LogP contribution in [0, 0.1) is 17.7 Å². The zero-order chi connectivity index (χ0) is 15.7. The Balaban J connectivity index is 1.61. The quantitative estimate of drug-likeness (QED) is 0.855. The minimum absolute atomic E-state index is 0.0124. The van der Waals surface area contributed by atoms with Crippen molar-refractivity contribution in [2.75, 3.05) is 0 Å². The fourth-order valence-electron chi connectivity index (χ4n) is 2.19. The van der Waals surface area contributed by atoms with Crippen LogP contribution in [0.5, 0.6) is 0 Å². The van der Waals surface area contributed by atoms with Gasteiger partial charge in [-0.25, -0.2) is 4.39 Å². The standard InChI is InChI=1S/C16H15FN2O2S/c1-9-8-12(9)15(20)18-19-16(21)14-7-6-13(22-14)10-2-4-11(17)5-3-10/h2-7,9,12H,8H2,1H3,(H,18,20)(H,19,21). The Hall–Kier alpha value is -2.21. The van der Waals surface area contributed by atoms with Crippen molar-refractivity contribution in [2.24, 2.45) is 11.8 Å². The van der Waals surface area contributed by atoms with Crippen molar-refractivity contribution in [1.82, 2.24) is 10.9 Å². The maximum atomic E-state index is 12.9. The van der Waals surface area contributed by atoms with Gasteiger partial charge in [0.15, 0.2) is 0 Å². The molecule has 0 spiro atoms. The van der Waals surface area contributed by atoms with Gasteiger partial charge >= 0.3 is 0 Å². The molecule has 0 saturated heterocycles. The van der Waals surface area contributed by atoms with E-state index in [0.717, 1.165) is 16.9 Å². The van der Waals surface area contributed by atoms with Gasteiger partial charge in [-0.3, -0.25) is 20.4 Å². The fraction of sp³-hybridized carbons (Fsp3) is 0.250. The van der Waals surface area contributed by atoms with Crippen LogP contribution in [0.1, 0.15) is 23.0 Å².